The molecule has 1 aromatic carbocycles. The van der Waals surface area contributed by atoms with Crippen molar-refractivity contribution in [3.8, 4) is 0 Å². The standard InChI is InChI=1S/C18H21FN6O3/c1-22(11-15-12-23(2)21-20-15)17(27)18(28)25-9-7-24(8-10-25)16(26)13-3-5-14(19)6-4-13/h3-6,12H,7-11H2,1-2H3. The number of rotatable bonds is 3. The molecule has 2 aromatic rings. The van der Waals surface area contributed by atoms with Gasteiger partial charge in [-0.3, -0.25) is 19.1 Å². The number of benzene rings is 1. The smallest absolute Gasteiger partial charge is 0.312 e. The average molecular weight is 388 g/mol. The number of amides is 3. The molecule has 10 heteroatoms. The molecule has 0 radical (unpaired) electrons. The van der Waals surface area contributed by atoms with Gasteiger partial charge < -0.3 is 14.7 Å². The van der Waals surface area contributed by atoms with E-state index in [1.807, 2.05) is 0 Å². The normalized spacial score (nSPS) is 14.1. The Balaban J connectivity index is 1.53. The van der Waals surface area contributed by atoms with Gasteiger partial charge in [-0.15, -0.1) is 5.10 Å². The summed E-state index contributed by atoms with van der Waals surface area (Å²) in [6.45, 7) is 1.32. The molecule has 148 valence electrons. The van der Waals surface area contributed by atoms with Crippen LogP contribution in [0.2, 0.25) is 0 Å². The van der Waals surface area contributed by atoms with Crippen molar-refractivity contribution in [3.05, 3.63) is 47.5 Å². The molecule has 28 heavy (non-hydrogen) atoms. The lowest BCUT2D eigenvalue weighted by Gasteiger charge is -2.35. The summed E-state index contributed by atoms with van der Waals surface area (Å²) < 4.78 is 14.5. The van der Waals surface area contributed by atoms with Crippen molar-refractivity contribution in [2.45, 2.75) is 6.54 Å². The van der Waals surface area contributed by atoms with Gasteiger partial charge in [-0.2, -0.15) is 0 Å². The topological polar surface area (TPSA) is 91.6 Å². The number of hydrogen-bond donors (Lipinski definition) is 0. The van der Waals surface area contributed by atoms with Crippen molar-refractivity contribution in [1.29, 1.82) is 0 Å². The van der Waals surface area contributed by atoms with Gasteiger partial charge in [-0.05, 0) is 24.3 Å². The Morgan fingerprint density at radius 2 is 1.68 bits per heavy atom. The zero-order chi connectivity index (χ0) is 20.3. The SMILES string of the molecule is CN(Cc1cn(C)nn1)C(=O)C(=O)N1CCN(C(=O)c2ccc(F)cc2)CC1. The van der Waals surface area contributed by atoms with Crippen molar-refractivity contribution >= 4 is 17.7 Å². The van der Waals surface area contributed by atoms with Gasteiger partial charge in [0.15, 0.2) is 0 Å². The largest absolute Gasteiger partial charge is 0.335 e. The summed E-state index contributed by atoms with van der Waals surface area (Å²) in [5.74, 6) is -1.88. The molecule has 9 nitrogen and oxygen atoms in total. The van der Waals surface area contributed by atoms with Crippen molar-refractivity contribution in [2.24, 2.45) is 7.05 Å². The minimum absolute atomic E-state index is 0.182. The van der Waals surface area contributed by atoms with Gasteiger partial charge in [0, 0.05) is 52.0 Å². The summed E-state index contributed by atoms with van der Waals surface area (Å²) in [7, 11) is 3.25. The monoisotopic (exact) mass is 388 g/mol. The summed E-state index contributed by atoms with van der Waals surface area (Å²) in [6.07, 6.45) is 1.67. The number of halogens is 1. The molecule has 0 atom stereocenters. The fourth-order valence-corrected chi connectivity index (χ4v) is 2.97. The second-order valence-electron chi connectivity index (χ2n) is 6.64. The first-order valence-corrected chi connectivity index (χ1v) is 8.79. The molecule has 1 aromatic heterocycles. The van der Waals surface area contributed by atoms with E-state index in [-0.39, 0.29) is 25.5 Å². The quantitative estimate of drug-likeness (QED) is 0.685. The minimum Gasteiger partial charge on any atom is -0.335 e. The first kappa shape index (κ1) is 19.5. The third-order valence-corrected chi connectivity index (χ3v) is 4.52. The zero-order valence-corrected chi connectivity index (χ0v) is 15.7. The molecule has 0 N–H and O–H groups in total. The second kappa shape index (κ2) is 8.15. The first-order chi connectivity index (χ1) is 13.3. The first-order valence-electron chi connectivity index (χ1n) is 8.79. The zero-order valence-electron chi connectivity index (χ0n) is 15.7. The molecule has 0 bridgehead atoms. The van der Waals surface area contributed by atoms with Crippen molar-refractivity contribution in [1.82, 2.24) is 29.7 Å². The molecule has 0 aliphatic carbocycles. The second-order valence-corrected chi connectivity index (χ2v) is 6.64. The number of carbonyl (C=O) groups is 3. The lowest BCUT2D eigenvalue weighted by atomic mass is 10.1. The molecule has 3 rings (SSSR count). The lowest BCUT2D eigenvalue weighted by Crippen LogP contribution is -2.53. The highest BCUT2D eigenvalue weighted by Gasteiger charge is 2.30. The Morgan fingerprint density at radius 3 is 2.25 bits per heavy atom. The molecule has 1 aliphatic rings. The van der Waals surface area contributed by atoms with E-state index in [4.69, 9.17) is 0 Å². The van der Waals surface area contributed by atoms with Gasteiger partial charge in [0.25, 0.3) is 5.91 Å². The third-order valence-electron chi connectivity index (χ3n) is 4.52. The Morgan fingerprint density at radius 1 is 1.07 bits per heavy atom. The van der Waals surface area contributed by atoms with Crippen LogP contribution >= 0.6 is 0 Å². The van der Waals surface area contributed by atoms with Crippen LogP contribution in [-0.2, 0) is 23.2 Å². The van der Waals surface area contributed by atoms with Crippen LogP contribution in [0.25, 0.3) is 0 Å². The summed E-state index contributed by atoms with van der Waals surface area (Å²) in [6, 6.07) is 5.33. The minimum atomic E-state index is -0.635. The van der Waals surface area contributed by atoms with Crippen LogP contribution in [-0.4, -0.2) is 80.6 Å². The Labute approximate surface area is 161 Å². The maximum atomic E-state index is 13.0. The van der Waals surface area contributed by atoms with Crippen LogP contribution in [0.1, 0.15) is 16.1 Å². The molecule has 1 fully saturated rings. The summed E-state index contributed by atoms with van der Waals surface area (Å²) >= 11 is 0. The highest BCUT2D eigenvalue weighted by molar-refractivity contribution is 6.34. The third kappa shape index (κ3) is 4.33. The van der Waals surface area contributed by atoms with E-state index in [9.17, 15) is 18.8 Å². The highest BCUT2D eigenvalue weighted by Crippen LogP contribution is 2.11. The fourth-order valence-electron chi connectivity index (χ4n) is 2.97. The van der Waals surface area contributed by atoms with E-state index in [1.165, 1.54) is 45.8 Å². The predicted octanol–water partition coefficient (Wildman–Crippen LogP) is -0.103. The predicted molar refractivity (Wildman–Crippen MR) is 96.4 cm³/mol. The van der Waals surface area contributed by atoms with Crippen LogP contribution in [0.3, 0.4) is 0 Å². The molecule has 3 amide bonds. The van der Waals surface area contributed by atoms with E-state index in [0.717, 1.165) is 0 Å². The van der Waals surface area contributed by atoms with Gasteiger partial charge in [0.1, 0.15) is 11.5 Å². The van der Waals surface area contributed by atoms with Gasteiger partial charge in [-0.25, -0.2) is 4.39 Å². The van der Waals surface area contributed by atoms with Gasteiger partial charge in [0.2, 0.25) is 0 Å². The molecule has 1 aliphatic heterocycles. The Bertz CT molecular complexity index is 874. The maximum Gasteiger partial charge on any atom is 0.312 e. The molecule has 1 saturated heterocycles. The number of hydrogen-bond acceptors (Lipinski definition) is 5. The van der Waals surface area contributed by atoms with Crippen molar-refractivity contribution in [3.63, 3.8) is 0 Å². The number of carbonyl (C=O) groups excluding carboxylic acids is 3. The Kier molecular flexibility index (Phi) is 5.67. The van der Waals surface area contributed by atoms with E-state index >= 15 is 0 Å². The molecule has 2 heterocycles. The molecule has 0 unspecified atom stereocenters. The summed E-state index contributed by atoms with van der Waals surface area (Å²) in [5.41, 5.74) is 0.974. The van der Waals surface area contributed by atoms with Crippen molar-refractivity contribution in [2.75, 3.05) is 33.2 Å². The summed E-state index contributed by atoms with van der Waals surface area (Å²) in [4.78, 5) is 41.6. The van der Waals surface area contributed by atoms with E-state index < -0.39 is 17.6 Å². The molecule has 0 spiro atoms. The van der Waals surface area contributed by atoms with Crippen molar-refractivity contribution < 1.29 is 18.8 Å². The highest BCUT2D eigenvalue weighted by atomic mass is 19.1. The maximum absolute atomic E-state index is 13.0. The van der Waals surface area contributed by atoms with Crippen LogP contribution in [0.5, 0.6) is 0 Å². The molecule has 0 saturated carbocycles. The Hall–Kier alpha value is -3.30. The van der Waals surface area contributed by atoms with Crippen LogP contribution in [0.4, 0.5) is 4.39 Å². The van der Waals surface area contributed by atoms with Crippen LogP contribution in [0, 0.1) is 5.82 Å². The number of aryl methyl sites for hydroxylation is 1. The number of piperazine rings is 1. The molecular formula is C18H21FN6O3. The van der Waals surface area contributed by atoms with Gasteiger partial charge >= 0.3 is 11.8 Å². The fraction of sp³-hybridized carbons (Fsp3) is 0.389. The number of nitrogens with zero attached hydrogens (tertiary/aromatic N) is 6. The van der Waals surface area contributed by atoms with Gasteiger partial charge in [-0.1, -0.05) is 5.21 Å². The number of likely N-dealkylation sites (N-methyl/N-ethyl adjacent to an activating group) is 1. The lowest BCUT2D eigenvalue weighted by molar-refractivity contribution is -0.152. The van der Waals surface area contributed by atoms with Gasteiger partial charge in [0.05, 0.1) is 6.54 Å². The number of aromatic nitrogens is 3. The van der Waals surface area contributed by atoms with Crippen LogP contribution in [0.15, 0.2) is 30.5 Å². The van der Waals surface area contributed by atoms with E-state index in [0.29, 0.717) is 24.3 Å². The van der Waals surface area contributed by atoms with Crippen LogP contribution < -0.4 is 0 Å². The van der Waals surface area contributed by atoms with E-state index in [2.05, 4.69) is 10.3 Å². The average Bonchev–Trinajstić information content (AvgIpc) is 3.11. The molecular weight excluding hydrogens is 367 g/mol. The van der Waals surface area contributed by atoms with E-state index in [1.54, 1.807) is 18.1 Å². The summed E-state index contributed by atoms with van der Waals surface area (Å²) in [5, 5.41) is 7.69.